The van der Waals surface area contributed by atoms with Crippen LogP contribution >= 0.6 is 11.6 Å². The minimum atomic E-state index is -0.136. The second-order valence-corrected chi connectivity index (χ2v) is 9.81. The molecule has 2 N–H and O–H groups in total. The Morgan fingerprint density at radius 1 is 1.08 bits per heavy atom. The van der Waals surface area contributed by atoms with Crippen LogP contribution in [0.5, 0.6) is 0 Å². The summed E-state index contributed by atoms with van der Waals surface area (Å²) in [6.45, 7) is 2.45. The second kappa shape index (κ2) is 10.1. The van der Waals surface area contributed by atoms with Gasteiger partial charge < -0.3 is 10.6 Å². The van der Waals surface area contributed by atoms with Gasteiger partial charge in [-0.3, -0.25) is 23.9 Å². The predicted octanol–water partition coefficient (Wildman–Crippen LogP) is 4.57. The molecule has 0 unspecified atom stereocenters. The molecular weight excluding hydrogens is 476 g/mol. The van der Waals surface area contributed by atoms with E-state index in [-0.39, 0.29) is 17.6 Å². The van der Waals surface area contributed by atoms with Crippen LogP contribution in [-0.4, -0.2) is 38.1 Å². The first kappa shape index (κ1) is 24.1. The Morgan fingerprint density at radius 2 is 1.83 bits per heavy atom. The standard InChI is InChI=1S/C27H29ClN6O2/c1-17-23(11-19(28)13-31-17)26(35)32-20-9-7-18(8-10-20)16-33-24-5-3-4-6-25(24)34(27(33)36)22-12-21(29-2)14-30-15-22/h3-6,11-15,18,20,29H,7-10,16H2,1-2H3,(H,32,35). The number of aromatic nitrogens is 4. The summed E-state index contributed by atoms with van der Waals surface area (Å²) in [4.78, 5) is 34.8. The van der Waals surface area contributed by atoms with Gasteiger partial charge in [0.1, 0.15) is 0 Å². The minimum Gasteiger partial charge on any atom is -0.387 e. The molecule has 1 amide bonds. The molecule has 3 aromatic heterocycles. The number of nitrogens with one attached hydrogen (secondary N) is 2. The van der Waals surface area contributed by atoms with Crippen molar-refractivity contribution in [1.29, 1.82) is 0 Å². The number of rotatable bonds is 6. The van der Waals surface area contributed by atoms with Crippen LogP contribution in [0.3, 0.4) is 0 Å². The highest BCUT2D eigenvalue weighted by Crippen LogP contribution is 2.28. The molecule has 1 aliphatic rings. The van der Waals surface area contributed by atoms with Crippen molar-refractivity contribution in [3.63, 3.8) is 0 Å². The van der Waals surface area contributed by atoms with Gasteiger partial charge >= 0.3 is 5.69 Å². The van der Waals surface area contributed by atoms with E-state index in [1.165, 1.54) is 0 Å². The van der Waals surface area contributed by atoms with E-state index < -0.39 is 0 Å². The van der Waals surface area contributed by atoms with Gasteiger partial charge in [0.25, 0.3) is 5.91 Å². The normalized spacial score (nSPS) is 17.8. The van der Waals surface area contributed by atoms with Crippen LogP contribution in [0.15, 0.2) is 59.8 Å². The van der Waals surface area contributed by atoms with E-state index in [9.17, 15) is 9.59 Å². The summed E-state index contributed by atoms with van der Waals surface area (Å²) < 4.78 is 3.61. The number of benzene rings is 1. The van der Waals surface area contributed by atoms with Crippen molar-refractivity contribution in [2.24, 2.45) is 5.92 Å². The third kappa shape index (κ3) is 4.73. The number of anilines is 1. The summed E-state index contributed by atoms with van der Waals surface area (Å²) in [6, 6.07) is 11.6. The van der Waals surface area contributed by atoms with E-state index in [1.54, 1.807) is 36.1 Å². The zero-order valence-electron chi connectivity index (χ0n) is 20.4. The van der Waals surface area contributed by atoms with Gasteiger partial charge in [-0.2, -0.15) is 0 Å². The number of aryl methyl sites for hydroxylation is 1. The van der Waals surface area contributed by atoms with Crippen molar-refractivity contribution in [1.82, 2.24) is 24.4 Å². The molecule has 0 spiro atoms. The topological polar surface area (TPSA) is 93.8 Å². The van der Waals surface area contributed by atoms with Crippen molar-refractivity contribution in [3.8, 4) is 5.69 Å². The van der Waals surface area contributed by atoms with Crippen molar-refractivity contribution >= 4 is 34.2 Å². The number of hydrogen-bond donors (Lipinski definition) is 2. The fourth-order valence-corrected chi connectivity index (χ4v) is 5.23. The van der Waals surface area contributed by atoms with Crippen LogP contribution in [0, 0.1) is 12.8 Å². The molecule has 9 heteroatoms. The molecule has 1 saturated carbocycles. The Morgan fingerprint density at radius 3 is 2.58 bits per heavy atom. The van der Waals surface area contributed by atoms with Crippen LogP contribution in [-0.2, 0) is 6.54 Å². The summed E-state index contributed by atoms with van der Waals surface area (Å²) in [5.74, 6) is 0.217. The highest BCUT2D eigenvalue weighted by Gasteiger charge is 2.25. The SMILES string of the molecule is CNc1cncc(-n2c(=O)n(CC3CCC(NC(=O)c4cc(Cl)cnc4C)CC3)c3ccccc32)c1. The molecule has 1 fully saturated rings. The van der Waals surface area contributed by atoms with Gasteiger partial charge in [0.05, 0.1) is 51.1 Å². The third-order valence-electron chi connectivity index (χ3n) is 7.03. The number of nitrogens with zero attached hydrogens (tertiary/aromatic N) is 4. The first-order valence-corrected chi connectivity index (χ1v) is 12.6. The molecule has 8 nitrogen and oxygen atoms in total. The smallest absolute Gasteiger partial charge is 0.333 e. The molecule has 5 rings (SSSR count). The highest BCUT2D eigenvalue weighted by atomic mass is 35.5. The number of carbonyl (C=O) groups excluding carboxylic acids is 1. The lowest BCUT2D eigenvalue weighted by molar-refractivity contribution is 0.0919. The lowest BCUT2D eigenvalue weighted by Gasteiger charge is -2.29. The van der Waals surface area contributed by atoms with E-state index in [0.29, 0.717) is 28.7 Å². The Bertz CT molecular complexity index is 1470. The molecule has 36 heavy (non-hydrogen) atoms. The van der Waals surface area contributed by atoms with E-state index in [0.717, 1.165) is 48.1 Å². The van der Waals surface area contributed by atoms with Gasteiger partial charge in [0, 0.05) is 25.8 Å². The van der Waals surface area contributed by atoms with Gasteiger partial charge in [0.2, 0.25) is 0 Å². The summed E-state index contributed by atoms with van der Waals surface area (Å²) in [6.07, 6.45) is 8.59. The number of imidazole rings is 1. The maximum absolute atomic E-state index is 13.6. The molecule has 1 aliphatic carbocycles. The Hall–Kier alpha value is -3.65. The average molecular weight is 505 g/mol. The number of amides is 1. The first-order valence-electron chi connectivity index (χ1n) is 12.2. The number of hydrogen-bond acceptors (Lipinski definition) is 5. The number of para-hydroxylation sites is 2. The Labute approximate surface area is 214 Å². The van der Waals surface area contributed by atoms with Crippen LogP contribution in [0.2, 0.25) is 5.02 Å². The largest absolute Gasteiger partial charge is 0.387 e. The molecule has 0 bridgehead atoms. The number of halogens is 1. The van der Waals surface area contributed by atoms with Crippen LogP contribution in [0.1, 0.15) is 41.7 Å². The molecule has 0 radical (unpaired) electrons. The van der Waals surface area contributed by atoms with E-state index in [2.05, 4.69) is 20.6 Å². The molecule has 3 heterocycles. The van der Waals surface area contributed by atoms with E-state index >= 15 is 0 Å². The Balaban J connectivity index is 1.31. The van der Waals surface area contributed by atoms with Gasteiger partial charge in [-0.25, -0.2) is 4.79 Å². The summed E-state index contributed by atoms with van der Waals surface area (Å²) >= 11 is 6.03. The fourth-order valence-electron chi connectivity index (χ4n) is 5.07. The fraction of sp³-hybridized carbons (Fsp3) is 0.333. The molecular formula is C27H29ClN6O2. The number of carbonyl (C=O) groups is 1. The molecule has 0 atom stereocenters. The monoisotopic (exact) mass is 504 g/mol. The number of fused-ring (bicyclic) bond motifs is 1. The molecule has 1 aromatic carbocycles. The lowest BCUT2D eigenvalue weighted by Crippen LogP contribution is -2.39. The quantitative estimate of drug-likeness (QED) is 0.401. The van der Waals surface area contributed by atoms with Crippen molar-refractivity contribution in [3.05, 3.63) is 81.8 Å². The zero-order valence-corrected chi connectivity index (χ0v) is 21.1. The third-order valence-corrected chi connectivity index (χ3v) is 7.23. The van der Waals surface area contributed by atoms with Crippen molar-refractivity contribution < 1.29 is 4.79 Å². The maximum atomic E-state index is 13.6. The predicted molar refractivity (Wildman–Crippen MR) is 142 cm³/mol. The van der Waals surface area contributed by atoms with Gasteiger partial charge in [0.15, 0.2) is 0 Å². The molecule has 4 aromatic rings. The highest BCUT2D eigenvalue weighted by molar-refractivity contribution is 6.30. The van der Waals surface area contributed by atoms with Crippen LogP contribution in [0.25, 0.3) is 16.7 Å². The van der Waals surface area contributed by atoms with Gasteiger partial charge in [-0.05, 0) is 62.8 Å². The molecule has 0 saturated heterocycles. The maximum Gasteiger partial charge on any atom is 0.333 e. The number of pyridine rings is 2. The lowest BCUT2D eigenvalue weighted by atomic mass is 9.85. The van der Waals surface area contributed by atoms with E-state index in [1.807, 2.05) is 41.9 Å². The summed E-state index contributed by atoms with van der Waals surface area (Å²) in [5.41, 5.74) is 4.48. The second-order valence-electron chi connectivity index (χ2n) is 9.38. The van der Waals surface area contributed by atoms with E-state index in [4.69, 9.17) is 11.6 Å². The molecule has 186 valence electrons. The molecule has 0 aliphatic heterocycles. The van der Waals surface area contributed by atoms with Crippen LogP contribution < -0.4 is 16.3 Å². The zero-order chi connectivity index (χ0) is 25.2. The van der Waals surface area contributed by atoms with Crippen LogP contribution in [0.4, 0.5) is 5.69 Å². The summed E-state index contributed by atoms with van der Waals surface area (Å²) in [7, 11) is 1.83. The average Bonchev–Trinajstić information content (AvgIpc) is 3.17. The van der Waals surface area contributed by atoms with Crippen molar-refractivity contribution in [2.75, 3.05) is 12.4 Å². The van der Waals surface area contributed by atoms with Gasteiger partial charge in [-0.15, -0.1) is 0 Å². The van der Waals surface area contributed by atoms with Gasteiger partial charge in [-0.1, -0.05) is 23.7 Å². The first-order chi connectivity index (χ1) is 17.4. The Kier molecular flexibility index (Phi) is 6.78. The minimum absolute atomic E-state index is 0.0642. The van der Waals surface area contributed by atoms with Crippen molar-refractivity contribution in [2.45, 2.75) is 45.2 Å². The summed E-state index contributed by atoms with van der Waals surface area (Å²) in [5, 5.41) is 6.68.